The summed E-state index contributed by atoms with van der Waals surface area (Å²) in [6.07, 6.45) is 0. The lowest BCUT2D eigenvalue weighted by molar-refractivity contribution is 0.0697. The van der Waals surface area contributed by atoms with Crippen LogP contribution >= 0.6 is 0 Å². The molecule has 19 heavy (non-hydrogen) atoms. The van der Waals surface area contributed by atoms with Crippen LogP contribution in [0.2, 0.25) is 0 Å². The van der Waals surface area contributed by atoms with Crippen LogP contribution in [0, 0.1) is 0 Å². The van der Waals surface area contributed by atoms with Gasteiger partial charge in [0.1, 0.15) is 5.75 Å². The van der Waals surface area contributed by atoms with Gasteiger partial charge in [-0.25, -0.2) is 4.79 Å². The zero-order chi connectivity index (χ0) is 14.8. The van der Waals surface area contributed by atoms with Gasteiger partial charge in [0.2, 0.25) is 0 Å². The Balaban J connectivity index is 3.12. The average molecular weight is 288 g/mol. The molecule has 0 bridgehead atoms. The molecule has 0 radical (unpaired) electrons. The van der Waals surface area contributed by atoms with E-state index in [-0.39, 0.29) is 23.0 Å². The first-order valence-corrected chi connectivity index (χ1v) is 6.91. The van der Waals surface area contributed by atoms with E-state index in [4.69, 9.17) is 5.11 Å². The Labute approximate surface area is 111 Å². The van der Waals surface area contributed by atoms with Crippen molar-refractivity contribution in [2.45, 2.75) is 19.9 Å². The Morgan fingerprint density at radius 3 is 2.42 bits per heavy atom. The maximum Gasteiger partial charge on any atom is 0.335 e. The minimum Gasteiger partial charge on any atom is -0.506 e. The number of nitrogens with zero attached hydrogens (tertiary/aromatic N) is 1. The molecule has 0 saturated heterocycles. The predicted octanol–water partition coefficient (Wildman–Crippen LogP) is 1.09. The minimum absolute atomic E-state index is 0.122. The first-order valence-electron chi connectivity index (χ1n) is 5.47. The first-order chi connectivity index (χ1) is 8.65. The van der Waals surface area contributed by atoms with Crippen molar-refractivity contribution in [3.05, 3.63) is 23.8 Å². The molecule has 0 unspecified atom stereocenters. The van der Waals surface area contributed by atoms with Crippen molar-refractivity contribution in [1.29, 1.82) is 0 Å². The van der Waals surface area contributed by atoms with Gasteiger partial charge in [0.05, 0.1) is 11.3 Å². The molecule has 0 atom stereocenters. The SMILES string of the molecule is CC(C)N(C)S(=O)(=O)Nc1cc(C(=O)O)ccc1O. The summed E-state index contributed by atoms with van der Waals surface area (Å²) in [7, 11) is -2.47. The molecule has 3 N–H and O–H groups in total. The topological polar surface area (TPSA) is 107 Å². The molecule has 0 aliphatic carbocycles. The van der Waals surface area contributed by atoms with E-state index in [1.165, 1.54) is 13.1 Å². The molecule has 7 nitrogen and oxygen atoms in total. The second kappa shape index (κ2) is 5.45. The van der Waals surface area contributed by atoms with E-state index >= 15 is 0 Å². The van der Waals surface area contributed by atoms with Gasteiger partial charge in [-0.3, -0.25) is 4.72 Å². The van der Waals surface area contributed by atoms with E-state index in [9.17, 15) is 18.3 Å². The fourth-order valence-electron chi connectivity index (χ4n) is 1.24. The van der Waals surface area contributed by atoms with E-state index in [0.717, 1.165) is 16.4 Å². The van der Waals surface area contributed by atoms with E-state index in [2.05, 4.69) is 4.72 Å². The zero-order valence-corrected chi connectivity index (χ0v) is 11.6. The fourth-order valence-corrected chi connectivity index (χ4v) is 2.38. The minimum atomic E-state index is -3.85. The maximum atomic E-state index is 11.9. The van der Waals surface area contributed by atoms with Crippen molar-refractivity contribution >= 4 is 21.9 Å². The van der Waals surface area contributed by atoms with Gasteiger partial charge >= 0.3 is 16.2 Å². The Morgan fingerprint density at radius 1 is 1.37 bits per heavy atom. The highest BCUT2D eigenvalue weighted by molar-refractivity contribution is 7.90. The molecule has 1 rings (SSSR count). The highest BCUT2D eigenvalue weighted by atomic mass is 32.2. The van der Waals surface area contributed by atoms with Gasteiger partial charge in [0, 0.05) is 13.1 Å². The van der Waals surface area contributed by atoms with Gasteiger partial charge in [-0.05, 0) is 32.0 Å². The van der Waals surface area contributed by atoms with Crippen molar-refractivity contribution < 1.29 is 23.4 Å². The van der Waals surface area contributed by atoms with Crippen molar-refractivity contribution in [3.63, 3.8) is 0 Å². The fraction of sp³-hybridized carbons (Fsp3) is 0.364. The largest absolute Gasteiger partial charge is 0.506 e. The Kier molecular flexibility index (Phi) is 4.38. The van der Waals surface area contributed by atoms with Crippen molar-refractivity contribution in [3.8, 4) is 5.75 Å². The molecule has 0 aliphatic heterocycles. The van der Waals surface area contributed by atoms with Crippen LogP contribution in [-0.2, 0) is 10.2 Å². The number of carboxylic acid groups (broad SMARTS) is 1. The highest BCUT2D eigenvalue weighted by Gasteiger charge is 2.22. The maximum absolute atomic E-state index is 11.9. The second-order valence-corrected chi connectivity index (χ2v) is 5.98. The number of hydrogen-bond acceptors (Lipinski definition) is 4. The predicted molar refractivity (Wildman–Crippen MR) is 70.5 cm³/mol. The monoisotopic (exact) mass is 288 g/mol. The third-order valence-corrected chi connectivity index (χ3v) is 4.25. The Morgan fingerprint density at radius 2 is 1.95 bits per heavy atom. The number of hydrogen-bond donors (Lipinski definition) is 3. The Bertz CT molecular complexity index is 583. The number of aromatic hydroxyl groups is 1. The standard InChI is InChI=1S/C11H16N2O5S/c1-7(2)13(3)19(17,18)12-9-6-8(11(15)16)4-5-10(9)14/h4-7,12,14H,1-3H3,(H,15,16). The summed E-state index contributed by atoms with van der Waals surface area (Å²) in [4.78, 5) is 10.8. The van der Waals surface area contributed by atoms with Gasteiger partial charge in [-0.15, -0.1) is 0 Å². The molecule has 0 heterocycles. The van der Waals surface area contributed by atoms with Crippen LogP contribution in [0.25, 0.3) is 0 Å². The van der Waals surface area contributed by atoms with Gasteiger partial charge in [-0.2, -0.15) is 12.7 Å². The molecular formula is C11H16N2O5S. The quantitative estimate of drug-likeness (QED) is 0.703. The van der Waals surface area contributed by atoms with Crippen LogP contribution in [0.4, 0.5) is 5.69 Å². The van der Waals surface area contributed by atoms with Crippen LogP contribution in [0.5, 0.6) is 5.75 Å². The van der Waals surface area contributed by atoms with Crippen LogP contribution in [0.1, 0.15) is 24.2 Å². The van der Waals surface area contributed by atoms with Gasteiger partial charge < -0.3 is 10.2 Å². The smallest absolute Gasteiger partial charge is 0.335 e. The summed E-state index contributed by atoms with van der Waals surface area (Å²) in [5.41, 5.74) is -0.296. The number of aromatic carboxylic acids is 1. The number of carboxylic acids is 1. The molecule has 0 spiro atoms. The molecule has 0 aromatic heterocycles. The number of carbonyl (C=O) groups is 1. The van der Waals surface area contributed by atoms with E-state index in [1.54, 1.807) is 13.8 Å². The van der Waals surface area contributed by atoms with Crippen molar-refractivity contribution in [2.24, 2.45) is 0 Å². The average Bonchev–Trinajstić information content (AvgIpc) is 2.30. The second-order valence-electron chi connectivity index (χ2n) is 4.25. The summed E-state index contributed by atoms with van der Waals surface area (Å²) in [5, 5.41) is 18.4. The number of benzene rings is 1. The van der Waals surface area contributed by atoms with Gasteiger partial charge in [0.25, 0.3) is 0 Å². The molecule has 106 valence electrons. The number of anilines is 1. The third-order valence-electron chi connectivity index (χ3n) is 2.59. The van der Waals surface area contributed by atoms with Crippen LogP contribution < -0.4 is 4.72 Å². The summed E-state index contributed by atoms with van der Waals surface area (Å²) in [6.45, 7) is 3.37. The van der Waals surface area contributed by atoms with E-state index in [0.29, 0.717) is 0 Å². The summed E-state index contributed by atoms with van der Waals surface area (Å²) < 4.78 is 27.1. The summed E-state index contributed by atoms with van der Waals surface area (Å²) in [6, 6.07) is 3.09. The van der Waals surface area contributed by atoms with Gasteiger partial charge in [-0.1, -0.05) is 0 Å². The molecular weight excluding hydrogens is 272 g/mol. The van der Waals surface area contributed by atoms with Gasteiger partial charge in [0.15, 0.2) is 0 Å². The van der Waals surface area contributed by atoms with Crippen molar-refractivity contribution in [1.82, 2.24) is 4.31 Å². The number of rotatable bonds is 5. The van der Waals surface area contributed by atoms with Crippen LogP contribution in [0.3, 0.4) is 0 Å². The van der Waals surface area contributed by atoms with Crippen LogP contribution in [0.15, 0.2) is 18.2 Å². The zero-order valence-electron chi connectivity index (χ0n) is 10.8. The lowest BCUT2D eigenvalue weighted by Crippen LogP contribution is -2.37. The molecule has 0 aliphatic rings. The molecule has 0 saturated carbocycles. The van der Waals surface area contributed by atoms with E-state index in [1.807, 2.05) is 0 Å². The highest BCUT2D eigenvalue weighted by Crippen LogP contribution is 2.26. The number of phenols is 1. The summed E-state index contributed by atoms with van der Waals surface area (Å²) in [5.74, 6) is -1.55. The lowest BCUT2D eigenvalue weighted by atomic mass is 10.2. The number of phenolic OH excluding ortho intramolecular Hbond substituents is 1. The number of nitrogens with one attached hydrogen (secondary N) is 1. The normalized spacial score (nSPS) is 11.8. The lowest BCUT2D eigenvalue weighted by Gasteiger charge is -2.22. The third kappa shape index (κ3) is 3.58. The van der Waals surface area contributed by atoms with Crippen LogP contribution in [-0.4, -0.2) is 42.0 Å². The molecule has 0 fully saturated rings. The molecule has 0 amide bonds. The van der Waals surface area contributed by atoms with Crippen molar-refractivity contribution in [2.75, 3.05) is 11.8 Å². The van der Waals surface area contributed by atoms with E-state index < -0.39 is 16.2 Å². The first kappa shape index (κ1) is 15.3. The summed E-state index contributed by atoms with van der Waals surface area (Å²) >= 11 is 0. The molecule has 1 aromatic rings. The molecule has 1 aromatic carbocycles. The molecule has 8 heteroatoms. The Hall–Kier alpha value is -1.80.